The summed E-state index contributed by atoms with van der Waals surface area (Å²) in [7, 11) is -3.50. The van der Waals surface area contributed by atoms with Crippen LogP contribution in [0.1, 0.15) is 10.4 Å². The minimum absolute atomic E-state index is 0.0163. The van der Waals surface area contributed by atoms with Crippen LogP contribution in [0.25, 0.3) is 0 Å². The summed E-state index contributed by atoms with van der Waals surface area (Å²) in [5, 5.41) is 9.19. The van der Waals surface area contributed by atoms with Crippen LogP contribution in [0, 0.1) is 5.82 Å². The zero-order chi connectivity index (χ0) is 16.5. The Morgan fingerprint density at radius 2 is 1.86 bits per heavy atom. The van der Waals surface area contributed by atoms with Crippen molar-refractivity contribution in [3.8, 4) is 0 Å². The lowest BCUT2D eigenvalue weighted by Gasteiger charge is -2.05. The van der Waals surface area contributed by atoms with Crippen LogP contribution in [0.2, 0.25) is 10.0 Å². The van der Waals surface area contributed by atoms with E-state index in [0.29, 0.717) is 0 Å². The topological polar surface area (TPSA) is 101 Å². The van der Waals surface area contributed by atoms with E-state index in [1.165, 1.54) is 0 Å². The summed E-state index contributed by atoms with van der Waals surface area (Å²) in [6.45, 7) is 0. The number of anilines is 2. The fraction of sp³-hybridized carbons (Fsp3) is 0.100. The highest BCUT2D eigenvalue weighted by Gasteiger charge is 2.17. The van der Waals surface area contributed by atoms with Gasteiger partial charge in [0.15, 0.2) is 0 Å². The maximum atomic E-state index is 13.4. The van der Waals surface area contributed by atoms with Gasteiger partial charge < -0.3 is 0 Å². The third kappa shape index (κ3) is 4.26. The van der Waals surface area contributed by atoms with Crippen molar-refractivity contribution in [2.24, 2.45) is 0 Å². The molecule has 2 rings (SSSR count). The van der Waals surface area contributed by atoms with Crippen molar-refractivity contribution >= 4 is 60.7 Å². The lowest BCUT2D eigenvalue weighted by Crippen LogP contribution is -2.12. The molecule has 0 fully saturated rings. The number of carbonyl (C=O) groups excluding carboxylic acids is 1. The fourth-order valence-electron chi connectivity index (χ4n) is 1.33. The smallest absolute Gasteiger partial charge is 0.259 e. The predicted octanol–water partition coefficient (Wildman–Crippen LogP) is 2.61. The highest BCUT2D eigenvalue weighted by Crippen LogP contribution is 2.26. The number of nitrogens with zero attached hydrogens (tertiary/aromatic N) is 2. The van der Waals surface area contributed by atoms with Gasteiger partial charge in [0.05, 0.1) is 21.9 Å². The summed E-state index contributed by atoms with van der Waals surface area (Å²) < 4.78 is 37.6. The van der Waals surface area contributed by atoms with Gasteiger partial charge in [0, 0.05) is 0 Å². The number of halogens is 3. The van der Waals surface area contributed by atoms with Gasteiger partial charge in [-0.3, -0.25) is 14.8 Å². The Bertz CT molecular complexity index is 841. The lowest BCUT2D eigenvalue weighted by atomic mass is 10.2. The summed E-state index contributed by atoms with van der Waals surface area (Å²) >= 11 is 12.1. The Morgan fingerprint density at radius 1 is 1.23 bits per heavy atom. The number of amides is 1. The SMILES string of the molecule is CS(=O)(=O)Nc1nnc(NC(=O)c2cc(F)c(Cl)cc2Cl)s1. The van der Waals surface area contributed by atoms with Crippen LogP contribution in [-0.4, -0.2) is 30.8 Å². The van der Waals surface area contributed by atoms with Crippen LogP contribution in [0.5, 0.6) is 0 Å². The number of hydrogen-bond donors (Lipinski definition) is 2. The number of nitrogens with one attached hydrogen (secondary N) is 2. The van der Waals surface area contributed by atoms with E-state index in [4.69, 9.17) is 23.2 Å². The highest BCUT2D eigenvalue weighted by atomic mass is 35.5. The van der Waals surface area contributed by atoms with Crippen molar-refractivity contribution in [1.82, 2.24) is 10.2 Å². The number of sulfonamides is 1. The largest absolute Gasteiger partial charge is 0.296 e. The van der Waals surface area contributed by atoms with E-state index in [1.54, 1.807) is 0 Å². The Labute approximate surface area is 138 Å². The van der Waals surface area contributed by atoms with Crippen LogP contribution in [0.3, 0.4) is 0 Å². The number of benzene rings is 1. The fourth-order valence-corrected chi connectivity index (χ4v) is 3.27. The number of rotatable bonds is 4. The molecule has 2 aromatic rings. The molecule has 118 valence electrons. The van der Waals surface area contributed by atoms with E-state index in [9.17, 15) is 17.6 Å². The molecule has 0 aliphatic rings. The van der Waals surface area contributed by atoms with Gasteiger partial charge in [-0.25, -0.2) is 12.8 Å². The summed E-state index contributed by atoms with van der Waals surface area (Å²) in [5.74, 6) is -1.53. The third-order valence-corrected chi connectivity index (χ3v) is 4.22. The molecular weight excluding hydrogens is 378 g/mol. The van der Waals surface area contributed by atoms with Crippen LogP contribution >= 0.6 is 34.5 Å². The first-order valence-electron chi connectivity index (χ1n) is 5.43. The first-order chi connectivity index (χ1) is 10.2. The Balaban J connectivity index is 2.18. The minimum atomic E-state index is -3.50. The summed E-state index contributed by atoms with van der Waals surface area (Å²) in [4.78, 5) is 12.0. The first-order valence-corrected chi connectivity index (χ1v) is 8.89. The molecule has 0 aliphatic carbocycles. The molecule has 0 aliphatic heterocycles. The summed E-state index contributed by atoms with van der Waals surface area (Å²) in [6.07, 6.45) is 0.947. The van der Waals surface area contributed by atoms with Gasteiger partial charge in [-0.15, -0.1) is 10.2 Å². The third-order valence-electron chi connectivity index (χ3n) is 2.17. The highest BCUT2D eigenvalue weighted by molar-refractivity contribution is 7.92. The van der Waals surface area contributed by atoms with Crippen molar-refractivity contribution in [3.05, 3.63) is 33.6 Å². The quantitative estimate of drug-likeness (QED) is 0.788. The maximum absolute atomic E-state index is 13.4. The van der Waals surface area contributed by atoms with Gasteiger partial charge in [-0.1, -0.05) is 34.5 Å². The van der Waals surface area contributed by atoms with Crippen molar-refractivity contribution in [3.63, 3.8) is 0 Å². The second kappa shape index (κ2) is 6.32. The molecule has 1 aromatic heterocycles. The first kappa shape index (κ1) is 16.9. The van der Waals surface area contributed by atoms with Crippen LogP contribution in [0.15, 0.2) is 12.1 Å². The minimum Gasteiger partial charge on any atom is -0.296 e. The average Bonchev–Trinajstić information content (AvgIpc) is 2.78. The van der Waals surface area contributed by atoms with Crippen molar-refractivity contribution in [2.45, 2.75) is 0 Å². The Kier molecular flexibility index (Phi) is 4.85. The van der Waals surface area contributed by atoms with E-state index in [1.807, 2.05) is 0 Å². The van der Waals surface area contributed by atoms with E-state index in [0.717, 1.165) is 29.7 Å². The predicted molar refractivity (Wildman–Crippen MR) is 82.7 cm³/mol. The van der Waals surface area contributed by atoms with Gasteiger partial charge in [0.1, 0.15) is 5.82 Å². The summed E-state index contributed by atoms with van der Waals surface area (Å²) in [6, 6.07) is 1.99. The molecule has 2 N–H and O–H groups in total. The molecule has 0 spiro atoms. The second-order valence-electron chi connectivity index (χ2n) is 3.99. The Morgan fingerprint density at radius 3 is 2.50 bits per heavy atom. The standard InChI is InChI=1S/C10H7Cl2FN4O3S2/c1-22(19,20)17-10-16-15-9(21-10)14-8(18)4-2-7(13)6(12)3-5(4)11/h2-3H,1H3,(H,16,17)(H,14,15,18). The van der Waals surface area contributed by atoms with E-state index in [-0.39, 0.29) is 25.9 Å². The normalized spacial score (nSPS) is 11.3. The molecule has 12 heteroatoms. The van der Waals surface area contributed by atoms with Gasteiger partial charge in [0.25, 0.3) is 5.91 Å². The summed E-state index contributed by atoms with van der Waals surface area (Å²) in [5.41, 5.74) is -0.142. The van der Waals surface area contributed by atoms with Crippen LogP contribution in [0.4, 0.5) is 14.7 Å². The van der Waals surface area contributed by atoms with Crippen molar-refractivity contribution in [1.29, 1.82) is 0 Å². The van der Waals surface area contributed by atoms with Gasteiger partial charge >= 0.3 is 0 Å². The van der Waals surface area contributed by atoms with Gasteiger partial charge in [0.2, 0.25) is 20.3 Å². The van der Waals surface area contributed by atoms with Gasteiger partial charge in [-0.2, -0.15) is 0 Å². The van der Waals surface area contributed by atoms with Crippen molar-refractivity contribution < 1.29 is 17.6 Å². The molecule has 0 radical (unpaired) electrons. The van der Waals surface area contributed by atoms with Crippen LogP contribution < -0.4 is 10.0 Å². The zero-order valence-corrected chi connectivity index (χ0v) is 13.9. The number of aromatic nitrogens is 2. The average molecular weight is 385 g/mol. The van der Waals surface area contributed by atoms with Crippen LogP contribution in [-0.2, 0) is 10.0 Å². The molecule has 0 saturated carbocycles. The molecule has 1 heterocycles. The molecule has 1 amide bonds. The maximum Gasteiger partial charge on any atom is 0.259 e. The van der Waals surface area contributed by atoms with Gasteiger partial charge in [-0.05, 0) is 12.1 Å². The number of hydrogen-bond acceptors (Lipinski definition) is 6. The van der Waals surface area contributed by atoms with E-state index in [2.05, 4.69) is 20.2 Å². The molecule has 0 saturated heterocycles. The molecule has 7 nitrogen and oxygen atoms in total. The molecule has 1 aromatic carbocycles. The second-order valence-corrected chi connectivity index (χ2v) is 7.53. The lowest BCUT2D eigenvalue weighted by molar-refractivity contribution is 0.102. The molecular formula is C10H7Cl2FN4O3S2. The monoisotopic (exact) mass is 384 g/mol. The van der Waals surface area contributed by atoms with E-state index >= 15 is 0 Å². The zero-order valence-electron chi connectivity index (χ0n) is 10.7. The van der Waals surface area contributed by atoms with Crippen molar-refractivity contribution in [2.75, 3.05) is 16.3 Å². The molecule has 0 atom stereocenters. The molecule has 0 unspecified atom stereocenters. The molecule has 22 heavy (non-hydrogen) atoms. The Hall–Kier alpha value is -1.49. The molecule has 0 bridgehead atoms. The van der Waals surface area contributed by atoms with E-state index < -0.39 is 21.7 Å². The number of carbonyl (C=O) groups is 1.